The molecule has 5 nitrogen and oxygen atoms in total. The molecule has 0 radical (unpaired) electrons. The van der Waals surface area contributed by atoms with Crippen molar-refractivity contribution in [1.82, 2.24) is 5.32 Å². The van der Waals surface area contributed by atoms with Crippen molar-refractivity contribution in [2.45, 2.75) is 59.5 Å². The fraction of sp³-hybridized carbons (Fsp3) is 0.588. The highest BCUT2D eigenvalue weighted by Gasteiger charge is 2.29. The Morgan fingerprint density at radius 1 is 1.17 bits per heavy atom. The minimum Gasteiger partial charge on any atom is -0.352 e. The van der Waals surface area contributed by atoms with Crippen molar-refractivity contribution < 1.29 is 13.2 Å². The van der Waals surface area contributed by atoms with Crippen LogP contribution in [0.2, 0.25) is 0 Å². The summed E-state index contributed by atoms with van der Waals surface area (Å²) in [4.78, 5) is 12.4. The molecule has 0 bridgehead atoms. The van der Waals surface area contributed by atoms with Gasteiger partial charge in [0, 0.05) is 6.04 Å². The Hall–Kier alpha value is -1.56. The molecule has 0 saturated carbocycles. The van der Waals surface area contributed by atoms with E-state index in [2.05, 4.69) is 5.32 Å². The Balaban J connectivity index is 3.14. The van der Waals surface area contributed by atoms with E-state index in [1.54, 1.807) is 19.1 Å². The summed E-state index contributed by atoms with van der Waals surface area (Å²) in [6.07, 6.45) is 2.95. The van der Waals surface area contributed by atoms with Crippen LogP contribution < -0.4 is 9.62 Å². The minimum atomic E-state index is -3.57. The lowest BCUT2D eigenvalue weighted by Crippen LogP contribution is -2.49. The summed E-state index contributed by atoms with van der Waals surface area (Å²) in [5.41, 5.74) is 2.44. The first kappa shape index (κ1) is 19.5. The van der Waals surface area contributed by atoms with Gasteiger partial charge in [-0.2, -0.15) is 0 Å². The number of anilines is 1. The molecule has 0 fully saturated rings. The highest BCUT2D eigenvalue weighted by atomic mass is 32.2. The number of carbonyl (C=O) groups is 1. The molecule has 2 atom stereocenters. The van der Waals surface area contributed by atoms with Gasteiger partial charge in [-0.25, -0.2) is 8.42 Å². The number of hydrogen-bond acceptors (Lipinski definition) is 3. The predicted octanol–water partition coefficient (Wildman–Crippen LogP) is 2.76. The first-order valence-corrected chi connectivity index (χ1v) is 9.79. The summed E-state index contributed by atoms with van der Waals surface area (Å²) >= 11 is 0. The molecular weight excluding hydrogens is 312 g/mol. The second-order valence-corrected chi connectivity index (χ2v) is 8.14. The molecular formula is C17H28N2O3S. The van der Waals surface area contributed by atoms with Crippen LogP contribution in [0.5, 0.6) is 0 Å². The summed E-state index contributed by atoms with van der Waals surface area (Å²) in [7, 11) is -3.57. The van der Waals surface area contributed by atoms with Crippen molar-refractivity contribution in [3.8, 4) is 0 Å². The molecule has 1 aromatic rings. The number of nitrogens with one attached hydrogen (secondary N) is 1. The van der Waals surface area contributed by atoms with Gasteiger partial charge in [0.05, 0.1) is 11.9 Å². The smallest absolute Gasteiger partial charge is 0.243 e. The zero-order valence-corrected chi connectivity index (χ0v) is 15.7. The van der Waals surface area contributed by atoms with E-state index in [4.69, 9.17) is 0 Å². The first-order chi connectivity index (χ1) is 10.6. The average molecular weight is 340 g/mol. The second-order valence-electron chi connectivity index (χ2n) is 6.28. The Morgan fingerprint density at radius 2 is 1.70 bits per heavy atom. The van der Waals surface area contributed by atoms with Gasteiger partial charge in [-0.15, -0.1) is 0 Å². The van der Waals surface area contributed by atoms with E-state index in [-0.39, 0.29) is 11.9 Å². The first-order valence-electron chi connectivity index (χ1n) is 7.94. The maximum atomic E-state index is 12.4. The fourth-order valence-corrected chi connectivity index (χ4v) is 3.91. The zero-order chi connectivity index (χ0) is 17.8. The van der Waals surface area contributed by atoms with Crippen LogP contribution in [0, 0.1) is 13.8 Å². The van der Waals surface area contributed by atoms with Crippen molar-refractivity contribution in [3.05, 3.63) is 29.3 Å². The molecule has 1 N–H and O–H groups in total. The number of rotatable bonds is 7. The van der Waals surface area contributed by atoms with Crippen molar-refractivity contribution >= 4 is 21.6 Å². The standard InChI is InChI=1S/C17H28N2O3S/c1-7-8-14(4)18-17(20)15(5)19(23(6,21)22)16-10-12(2)9-13(3)11-16/h9-11,14-15H,7-8H2,1-6H3,(H,18,20)/t14-,15+/m0/s1. The number of amides is 1. The van der Waals surface area contributed by atoms with E-state index in [9.17, 15) is 13.2 Å². The molecule has 1 rings (SSSR count). The predicted molar refractivity (Wildman–Crippen MR) is 95.2 cm³/mol. The van der Waals surface area contributed by atoms with E-state index in [1.807, 2.05) is 33.8 Å². The molecule has 0 unspecified atom stereocenters. The Morgan fingerprint density at radius 3 is 2.13 bits per heavy atom. The number of aryl methyl sites for hydroxylation is 2. The molecule has 0 aliphatic heterocycles. The highest BCUT2D eigenvalue weighted by Crippen LogP contribution is 2.24. The molecule has 0 heterocycles. The van der Waals surface area contributed by atoms with Gasteiger partial charge in [0.2, 0.25) is 15.9 Å². The summed E-state index contributed by atoms with van der Waals surface area (Å²) in [5.74, 6) is -0.282. The fourth-order valence-electron chi connectivity index (χ4n) is 2.76. The summed E-state index contributed by atoms with van der Waals surface area (Å²) in [5, 5.41) is 2.89. The third-order valence-corrected chi connectivity index (χ3v) is 4.90. The third kappa shape index (κ3) is 5.53. The van der Waals surface area contributed by atoms with Crippen molar-refractivity contribution in [3.63, 3.8) is 0 Å². The van der Waals surface area contributed by atoms with Gasteiger partial charge in [-0.3, -0.25) is 9.10 Å². The van der Waals surface area contributed by atoms with Crippen molar-refractivity contribution in [2.24, 2.45) is 0 Å². The molecule has 6 heteroatoms. The van der Waals surface area contributed by atoms with Gasteiger partial charge >= 0.3 is 0 Å². The Labute approximate surface area is 140 Å². The lowest BCUT2D eigenvalue weighted by atomic mass is 10.1. The van der Waals surface area contributed by atoms with Gasteiger partial charge in [0.1, 0.15) is 6.04 Å². The molecule has 1 amide bonds. The van der Waals surface area contributed by atoms with Gasteiger partial charge in [0.15, 0.2) is 0 Å². The lowest BCUT2D eigenvalue weighted by Gasteiger charge is -2.29. The number of hydrogen-bond donors (Lipinski definition) is 1. The maximum absolute atomic E-state index is 12.4. The highest BCUT2D eigenvalue weighted by molar-refractivity contribution is 7.92. The van der Waals surface area contributed by atoms with Crippen LogP contribution in [0.4, 0.5) is 5.69 Å². The van der Waals surface area contributed by atoms with Crippen molar-refractivity contribution in [2.75, 3.05) is 10.6 Å². The van der Waals surface area contributed by atoms with Crippen LogP contribution in [0.15, 0.2) is 18.2 Å². The van der Waals surface area contributed by atoms with Gasteiger partial charge in [0.25, 0.3) is 0 Å². The number of nitrogens with zero attached hydrogens (tertiary/aromatic N) is 1. The Kier molecular flexibility index (Phi) is 6.62. The quantitative estimate of drug-likeness (QED) is 0.830. The largest absolute Gasteiger partial charge is 0.352 e. The molecule has 130 valence electrons. The van der Waals surface area contributed by atoms with E-state index in [1.165, 1.54) is 4.31 Å². The van der Waals surface area contributed by atoms with Crippen LogP contribution in [-0.2, 0) is 14.8 Å². The van der Waals surface area contributed by atoms with Gasteiger partial charge in [-0.05, 0) is 57.4 Å². The SMILES string of the molecule is CCC[C@H](C)NC(=O)[C@@H](C)N(c1cc(C)cc(C)c1)S(C)(=O)=O. The van der Waals surface area contributed by atoms with E-state index in [0.29, 0.717) is 5.69 Å². The van der Waals surface area contributed by atoms with E-state index < -0.39 is 16.1 Å². The van der Waals surface area contributed by atoms with Crippen LogP contribution in [0.25, 0.3) is 0 Å². The van der Waals surface area contributed by atoms with Crippen LogP contribution in [-0.4, -0.2) is 32.7 Å². The number of carbonyl (C=O) groups excluding carboxylic acids is 1. The van der Waals surface area contributed by atoms with Gasteiger partial charge < -0.3 is 5.32 Å². The molecule has 23 heavy (non-hydrogen) atoms. The monoisotopic (exact) mass is 340 g/mol. The Bertz CT molecular complexity index is 636. The zero-order valence-electron chi connectivity index (χ0n) is 14.9. The molecule has 0 aromatic heterocycles. The summed E-state index contributed by atoms with van der Waals surface area (Å²) < 4.78 is 25.7. The number of sulfonamides is 1. The maximum Gasteiger partial charge on any atom is 0.243 e. The van der Waals surface area contributed by atoms with E-state index >= 15 is 0 Å². The lowest BCUT2D eigenvalue weighted by molar-refractivity contribution is -0.122. The van der Waals surface area contributed by atoms with Crippen LogP contribution in [0.1, 0.15) is 44.7 Å². The second kappa shape index (κ2) is 7.81. The summed E-state index contributed by atoms with van der Waals surface area (Å²) in [6.45, 7) is 9.41. The third-order valence-electron chi connectivity index (χ3n) is 3.66. The van der Waals surface area contributed by atoms with E-state index in [0.717, 1.165) is 30.2 Å². The topological polar surface area (TPSA) is 66.5 Å². The average Bonchev–Trinajstić information content (AvgIpc) is 2.35. The normalized spacial score (nSPS) is 14.2. The van der Waals surface area contributed by atoms with Crippen molar-refractivity contribution in [1.29, 1.82) is 0 Å². The molecule has 0 spiro atoms. The molecule has 1 aromatic carbocycles. The van der Waals surface area contributed by atoms with Crippen LogP contribution >= 0.6 is 0 Å². The van der Waals surface area contributed by atoms with Gasteiger partial charge in [-0.1, -0.05) is 19.4 Å². The van der Waals surface area contributed by atoms with Crippen LogP contribution in [0.3, 0.4) is 0 Å². The molecule has 0 aliphatic rings. The summed E-state index contributed by atoms with van der Waals surface area (Å²) in [6, 6.07) is 4.76. The molecule has 0 saturated heterocycles. The minimum absolute atomic E-state index is 0.0237. The number of benzene rings is 1. The molecule has 0 aliphatic carbocycles.